The lowest BCUT2D eigenvalue weighted by Crippen LogP contribution is -2.15. The molecule has 3 aromatic rings. The van der Waals surface area contributed by atoms with Crippen LogP contribution in [0.4, 0.5) is 11.4 Å². The first-order chi connectivity index (χ1) is 11.8. The Morgan fingerprint density at radius 3 is 2.32 bits per heavy atom. The number of hydrogen-bond donors (Lipinski definition) is 1. The molecule has 0 saturated heterocycles. The van der Waals surface area contributed by atoms with Gasteiger partial charge in [-0.3, -0.25) is 4.72 Å². The standard InChI is InChI=1S/C19H19IN2O2S/c1-13-12-14(20)10-11-17(13)21-25(23,24)19-9-5-6-15-16(19)7-4-8-18(15)22(2)3/h4-12,21H,1-3H3. The van der Waals surface area contributed by atoms with E-state index in [0.29, 0.717) is 11.1 Å². The molecule has 0 heterocycles. The second kappa shape index (κ2) is 6.84. The van der Waals surface area contributed by atoms with Gasteiger partial charge >= 0.3 is 0 Å². The van der Waals surface area contributed by atoms with Gasteiger partial charge in [0.25, 0.3) is 10.0 Å². The summed E-state index contributed by atoms with van der Waals surface area (Å²) < 4.78 is 29.8. The minimum Gasteiger partial charge on any atom is -0.377 e. The lowest BCUT2D eigenvalue weighted by molar-refractivity contribution is 0.602. The van der Waals surface area contributed by atoms with Gasteiger partial charge in [-0.05, 0) is 65.4 Å². The fourth-order valence-electron chi connectivity index (χ4n) is 2.83. The summed E-state index contributed by atoms with van der Waals surface area (Å²) in [6.07, 6.45) is 0. The molecule has 0 atom stereocenters. The molecule has 0 aromatic heterocycles. The first-order valence-corrected chi connectivity index (χ1v) is 10.3. The van der Waals surface area contributed by atoms with E-state index in [0.717, 1.165) is 20.2 Å². The van der Waals surface area contributed by atoms with Crippen molar-refractivity contribution in [1.29, 1.82) is 0 Å². The van der Waals surface area contributed by atoms with Crippen molar-refractivity contribution in [3.8, 4) is 0 Å². The third-order valence-electron chi connectivity index (χ3n) is 4.06. The number of nitrogens with zero attached hydrogens (tertiary/aromatic N) is 1. The highest BCUT2D eigenvalue weighted by molar-refractivity contribution is 14.1. The highest BCUT2D eigenvalue weighted by atomic mass is 127. The van der Waals surface area contributed by atoms with E-state index in [1.165, 1.54) is 0 Å². The SMILES string of the molecule is Cc1cc(I)ccc1NS(=O)(=O)c1cccc2c(N(C)C)cccc12. The van der Waals surface area contributed by atoms with E-state index in [4.69, 9.17) is 0 Å². The van der Waals surface area contributed by atoms with Gasteiger partial charge in [-0.1, -0.05) is 24.3 Å². The van der Waals surface area contributed by atoms with Crippen LogP contribution in [0.3, 0.4) is 0 Å². The maximum atomic E-state index is 13.0. The highest BCUT2D eigenvalue weighted by Crippen LogP contribution is 2.31. The third kappa shape index (κ3) is 3.59. The lowest BCUT2D eigenvalue weighted by Gasteiger charge is -2.17. The summed E-state index contributed by atoms with van der Waals surface area (Å²) >= 11 is 2.21. The molecule has 25 heavy (non-hydrogen) atoms. The van der Waals surface area contributed by atoms with Crippen molar-refractivity contribution in [3.63, 3.8) is 0 Å². The summed E-state index contributed by atoms with van der Waals surface area (Å²) in [6, 6.07) is 16.7. The Morgan fingerprint density at radius 2 is 1.64 bits per heavy atom. The minimum atomic E-state index is -3.69. The quantitative estimate of drug-likeness (QED) is 0.571. The average Bonchev–Trinajstić information content (AvgIpc) is 2.56. The number of anilines is 2. The van der Waals surface area contributed by atoms with Gasteiger partial charge in [-0.25, -0.2) is 8.42 Å². The average molecular weight is 466 g/mol. The summed E-state index contributed by atoms with van der Waals surface area (Å²) in [7, 11) is 0.206. The number of rotatable bonds is 4. The van der Waals surface area contributed by atoms with Crippen molar-refractivity contribution in [2.75, 3.05) is 23.7 Å². The van der Waals surface area contributed by atoms with Gasteiger partial charge in [0.1, 0.15) is 0 Å². The van der Waals surface area contributed by atoms with Crippen molar-refractivity contribution in [2.45, 2.75) is 11.8 Å². The van der Waals surface area contributed by atoms with Crippen LogP contribution in [0, 0.1) is 10.5 Å². The maximum absolute atomic E-state index is 13.0. The molecule has 0 fully saturated rings. The largest absolute Gasteiger partial charge is 0.377 e. The molecule has 0 saturated carbocycles. The van der Waals surface area contributed by atoms with E-state index >= 15 is 0 Å². The fourth-order valence-corrected chi connectivity index (χ4v) is 4.83. The van der Waals surface area contributed by atoms with E-state index < -0.39 is 10.0 Å². The zero-order valence-corrected chi connectivity index (χ0v) is 17.2. The lowest BCUT2D eigenvalue weighted by atomic mass is 10.1. The van der Waals surface area contributed by atoms with Gasteiger partial charge < -0.3 is 4.90 Å². The number of aryl methyl sites for hydroxylation is 1. The van der Waals surface area contributed by atoms with Gasteiger partial charge in [0.15, 0.2) is 0 Å². The molecule has 1 N–H and O–H groups in total. The third-order valence-corrected chi connectivity index (χ3v) is 6.16. The number of nitrogens with one attached hydrogen (secondary N) is 1. The first-order valence-electron chi connectivity index (χ1n) is 7.77. The number of sulfonamides is 1. The molecule has 0 spiro atoms. The number of benzene rings is 3. The smallest absolute Gasteiger partial charge is 0.262 e. The van der Waals surface area contributed by atoms with Crippen LogP contribution < -0.4 is 9.62 Å². The molecule has 3 aromatic carbocycles. The zero-order valence-electron chi connectivity index (χ0n) is 14.2. The molecule has 130 valence electrons. The Morgan fingerprint density at radius 1 is 0.960 bits per heavy atom. The second-order valence-corrected chi connectivity index (χ2v) is 8.98. The van der Waals surface area contributed by atoms with Crippen LogP contribution in [0.2, 0.25) is 0 Å². The van der Waals surface area contributed by atoms with Gasteiger partial charge in [-0.2, -0.15) is 0 Å². The van der Waals surface area contributed by atoms with E-state index in [2.05, 4.69) is 27.3 Å². The second-order valence-electron chi connectivity index (χ2n) is 6.09. The highest BCUT2D eigenvalue weighted by Gasteiger charge is 2.19. The molecular weight excluding hydrogens is 447 g/mol. The van der Waals surface area contributed by atoms with E-state index in [-0.39, 0.29) is 4.90 Å². The Kier molecular flexibility index (Phi) is 4.92. The molecule has 0 radical (unpaired) electrons. The monoisotopic (exact) mass is 466 g/mol. The topological polar surface area (TPSA) is 49.4 Å². The molecule has 0 amide bonds. The van der Waals surface area contributed by atoms with E-state index in [1.807, 2.05) is 62.3 Å². The van der Waals surface area contributed by atoms with Crippen LogP contribution in [0.15, 0.2) is 59.5 Å². The van der Waals surface area contributed by atoms with Crippen LogP contribution in [0.1, 0.15) is 5.56 Å². The molecule has 3 rings (SSSR count). The Bertz CT molecular complexity index is 1050. The number of hydrogen-bond acceptors (Lipinski definition) is 3. The van der Waals surface area contributed by atoms with Crippen LogP contribution in [-0.2, 0) is 10.0 Å². The normalized spacial score (nSPS) is 11.5. The molecule has 4 nitrogen and oxygen atoms in total. The summed E-state index contributed by atoms with van der Waals surface area (Å²) in [5.74, 6) is 0. The molecule has 0 aliphatic rings. The summed E-state index contributed by atoms with van der Waals surface area (Å²) in [6.45, 7) is 1.90. The predicted octanol–water partition coefficient (Wildman–Crippen LogP) is 4.62. The van der Waals surface area contributed by atoms with Gasteiger partial charge in [0, 0.05) is 34.1 Å². The van der Waals surface area contributed by atoms with Gasteiger partial charge in [0.2, 0.25) is 0 Å². The van der Waals surface area contributed by atoms with E-state index in [9.17, 15) is 8.42 Å². The van der Waals surface area contributed by atoms with Crippen molar-refractivity contribution in [3.05, 3.63) is 63.7 Å². The number of halogens is 1. The summed E-state index contributed by atoms with van der Waals surface area (Å²) in [5.41, 5.74) is 2.48. The molecular formula is C19H19IN2O2S. The van der Waals surface area contributed by atoms with Gasteiger partial charge in [0.05, 0.1) is 10.6 Å². The predicted molar refractivity (Wildman–Crippen MR) is 113 cm³/mol. The molecule has 0 bridgehead atoms. The molecule has 6 heteroatoms. The van der Waals surface area contributed by atoms with Crippen molar-refractivity contribution in [2.24, 2.45) is 0 Å². The van der Waals surface area contributed by atoms with Crippen LogP contribution in [0.5, 0.6) is 0 Å². The van der Waals surface area contributed by atoms with Crippen LogP contribution >= 0.6 is 22.6 Å². The fraction of sp³-hybridized carbons (Fsp3) is 0.158. The summed E-state index contributed by atoms with van der Waals surface area (Å²) in [5, 5.41) is 1.62. The van der Waals surface area contributed by atoms with Crippen molar-refractivity contribution >= 4 is 54.8 Å². The Hall–Kier alpha value is -1.80. The zero-order chi connectivity index (χ0) is 18.2. The first kappa shape index (κ1) is 18.0. The Balaban J connectivity index is 2.13. The number of fused-ring (bicyclic) bond motifs is 1. The van der Waals surface area contributed by atoms with Crippen LogP contribution in [-0.4, -0.2) is 22.5 Å². The molecule has 0 aliphatic carbocycles. The van der Waals surface area contributed by atoms with E-state index in [1.54, 1.807) is 18.2 Å². The van der Waals surface area contributed by atoms with Gasteiger partial charge in [-0.15, -0.1) is 0 Å². The molecule has 0 aliphatic heterocycles. The summed E-state index contributed by atoms with van der Waals surface area (Å²) in [4.78, 5) is 2.27. The maximum Gasteiger partial charge on any atom is 0.262 e. The minimum absolute atomic E-state index is 0.284. The van der Waals surface area contributed by atoms with Crippen molar-refractivity contribution < 1.29 is 8.42 Å². The Labute approximate surface area is 162 Å². The molecule has 0 unspecified atom stereocenters. The van der Waals surface area contributed by atoms with Crippen LogP contribution in [0.25, 0.3) is 10.8 Å². The van der Waals surface area contributed by atoms with Crippen molar-refractivity contribution in [1.82, 2.24) is 0 Å².